The quantitative estimate of drug-likeness (QED) is 0.503. The van der Waals surface area contributed by atoms with Gasteiger partial charge in [-0.25, -0.2) is 0 Å². The Morgan fingerprint density at radius 2 is 1.69 bits per heavy atom. The normalized spacial score (nSPS) is 10.9. The Kier molecular flexibility index (Phi) is 9.39. The minimum atomic E-state index is 0.00500. The Hall–Kier alpha value is -2.14. The number of hydrogen-bond donors (Lipinski definition) is 0. The molecule has 1 aromatic carbocycles. The molecule has 0 bridgehead atoms. The summed E-state index contributed by atoms with van der Waals surface area (Å²) in [5, 5.41) is 0. The molecule has 0 spiro atoms. The van der Waals surface area contributed by atoms with E-state index in [0.29, 0.717) is 32.0 Å². The Bertz CT molecular complexity index is 770. The molecule has 29 heavy (non-hydrogen) atoms. The summed E-state index contributed by atoms with van der Waals surface area (Å²) in [6.07, 6.45) is 2.36. The summed E-state index contributed by atoms with van der Waals surface area (Å²) in [4.78, 5) is 32.0. The summed E-state index contributed by atoms with van der Waals surface area (Å²) in [5.41, 5.74) is 1.10. The Labute approximate surface area is 179 Å². The minimum Gasteiger partial charge on any atom is -0.333 e. The third kappa shape index (κ3) is 8.01. The number of benzene rings is 1. The highest BCUT2D eigenvalue weighted by molar-refractivity contribution is 7.11. The molecule has 4 nitrogen and oxygen atoms in total. The van der Waals surface area contributed by atoms with Gasteiger partial charge in [0.25, 0.3) is 0 Å². The van der Waals surface area contributed by atoms with E-state index in [2.05, 4.69) is 39.8 Å². The predicted molar refractivity (Wildman–Crippen MR) is 121 cm³/mol. The summed E-state index contributed by atoms with van der Waals surface area (Å²) in [6, 6.07) is 14.2. The zero-order chi connectivity index (χ0) is 21.2. The smallest absolute Gasteiger partial charge is 0.242 e. The summed E-state index contributed by atoms with van der Waals surface area (Å²) >= 11 is 1.72. The largest absolute Gasteiger partial charge is 0.333 e. The van der Waals surface area contributed by atoms with Crippen molar-refractivity contribution in [3.8, 4) is 0 Å². The summed E-state index contributed by atoms with van der Waals surface area (Å²) < 4.78 is 0. The van der Waals surface area contributed by atoms with E-state index in [0.717, 1.165) is 18.4 Å². The zero-order valence-electron chi connectivity index (χ0n) is 18.2. The van der Waals surface area contributed by atoms with E-state index in [1.807, 2.05) is 35.2 Å². The van der Waals surface area contributed by atoms with Crippen LogP contribution in [0.1, 0.15) is 55.4 Å². The molecular formula is C24H34N2O2S. The molecule has 0 N–H and O–H groups in total. The standard InChI is InChI=1S/C24H34N2O2S/c1-5-6-12-23(27)25(15-19(2)3)18-24(28)26(16-21-10-8-7-9-11-21)17-22-14-13-20(4)29-22/h7-11,13-14,19H,5-6,12,15-18H2,1-4H3. The Balaban J connectivity index is 2.15. The number of amides is 2. The molecular weight excluding hydrogens is 380 g/mol. The molecule has 0 radical (unpaired) electrons. The first-order valence-electron chi connectivity index (χ1n) is 10.5. The van der Waals surface area contributed by atoms with Crippen molar-refractivity contribution >= 4 is 23.2 Å². The van der Waals surface area contributed by atoms with Crippen LogP contribution in [0.3, 0.4) is 0 Å². The van der Waals surface area contributed by atoms with Crippen molar-refractivity contribution in [1.82, 2.24) is 9.80 Å². The van der Waals surface area contributed by atoms with Crippen molar-refractivity contribution in [1.29, 1.82) is 0 Å². The molecule has 2 aromatic rings. The second kappa shape index (κ2) is 11.8. The highest BCUT2D eigenvalue weighted by Crippen LogP contribution is 2.19. The number of hydrogen-bond acceptors (Lipinski definition) is 3. The molecule has 0 fully saturated rings. The summed E-state index contributed by atoms with van der Waals surface area (Å²) in [6.45, 7) is 10.2. The summed E-state index contributed by atoms with van der Waals surface area (Å²) in [5.74, 6) is 0.418. The number of aryl methyl sites for hydroxylation is 1. The number of carbonyl (C=O) groups excluding carboxylic acids is 2. The molecule has 2 amide bonds. The molecule has 0 aliphatic carbocycles. The van der Waals surface area contributed by atoms with Gasteiger partial charge in [-0.15, -0.1) is 11.3 Å². The van der Waals surface area contributed by atoms with Crippen LogP contribution in [0.5, 0.6) is 0 Å². The van der Waals surface area contributed by atoms with E-state index < -0.39 is 0 Å². The lowest BCUT2D eigenvalue weighted by atomic mass is 10.1. The van der Waals surface area contributed by atoms with E-state index in [9.17, 15) is 9.59 Å². The molecule has 0 aliphatic heterocycles. The predicted octanol–water partition coefficient (Wildman–Crippen LogP) is 5.26. The van der Waals surface area contributed by atoms with Gasteiger partial charge in [-0.3, -0.25) is 9.59 Å². The molecule has 0 aliphatic rings. The van der Waals surface area contributed by atoms with Gasteiger partial charge in [0.05, 0.1) is 13.1 Å². The Morgan fingerprint density at radius 1 is 0.966 bits per heavy atom. The van der Waals surface area contributed by atoms with E-state index in [4.69, 9.17) is 0 Å². The number of unbranched alkanes of at least 4 members (excludes halogenated alkanes) is 1. The number of carbonyl (C=O) groups is 2. The van der Waals surface area contributed by atoms with Gasteiger partial charge in [-0.2, -0.15) is 0 Å². The van der Waals surface area contributed by atoms with Crippen LogP contribution in [-0.2, 0) is 22.7 Å². The van der Waals surface area contributed by atoms with Crippen LogP contribution >= 0.6 is 11.3 Å². The van der Waals surface area contributed by atoms with Crippen molar-refractivity contribution in [2.75, 3.05) is 13.1 Å². The van der Waals surface area contributed by atoms with Gasteiger partial charge in [-0.05, 0) is 37.0 Å². The first-order chi connectivity index (χ1) is 13.9. The highest BCUT2D eigenvalue weighted by Gasteiger charge is 2.22. The molecule has 1 aromatic heterocycles. The van der Waals surface area contributed by atoms with Gasteiger partial charge in [0.2, 0.25) is 11.8 Å². The van der Waals surface area contributed by atoms with E-state index in [-0.39, 0.29) is 18.4 Å². The van der Waals surface area contributed by atoms with Gasteiger partial charge in [-0.1, -0.05) is 57.5 Å². The van der Waals surface area contributed by atoms with Gasteiger partial charge < -0.3 is 9.80 Å². The second-order valence-electron chi connectivity index (χ2n) is 8.02. The maximum absolute atomic E-state index is 13.3. The second-order valence-corrected chi connectivity index (χ2v) is 9.39. The van der Waals surface area contributed by atoms with Crippen molar-refractivity contribution in [3.63, 3.8) is 0 Å². The van der Waals surface area contributed by atoms with Crippen LogP contribution in [-0.4, -0.2) is 34.7 Å². The van der Waals surface area contributed by atoms with E-state index in [1.165, 1.54) is 9.75 Å². The number of nitrogens with zero attached hydrogens (tertiary/aromatic N) is 2. The van der Waals surface area contributed by atoms with Gasteiger partial charge in [0.15, 0.2) is 0 Å². The molecule has 0 saturated heterocycles. The van der Waals surface area contributed by atoms with Crippen molar-refractivity contribution < 1.29 is 9.59 Å². The maximum Gasteiger partial charge on any atom is 0.242 e. The SMILES string of the molecule is CCCCC(=O)N(CC(=O)N(Cc1ccccc1)Cc1ccc(C)s1)CC(C)C. The van der Waals surface area contributed by atoms with Crippen molar-refractivity contribution in [2.24, 2.45) is 5.92 Å². The van der Waals surface area contributed by atoms with Crippen LogP contribution in [0.2, 0.25) is 0 Å². The number of rotatable bonds is 11. The van der Waals surface area contributed by atoms with Crippen molar-refractivity contribution in [2.45, 2.75) is 60.0 Å². The van der Waals surface area contributed by atoms with E-state index in [1.54, 1.807) is 16.2 Å². The first-order valence-corrected chi connectivity index (χ1v) is 11.4. The number of thiophene rings is 1. The lowest BCUT2D eigenvalue weighted by molar-refractivity contribution is -0.141. The van der Waals surface area contributed by atoms with Crippen LogP contribution < -0.4 is 0 Å². The van der Waals surface area contributed by atoms with Crippen LogP contribution in [0, 0.1) is 12.8 Å². The zero-order valence-corrected chi connectivity index (χ0v) is 19.0. The van der Waals surface area contributed by atoms with Gasteiger partial charge in [0.1, 0.15) is 0 Å². The molecule has 0 atom stereocenters. The Morgan fingerprint density at radius 3 is 2.28 bits per heavy atom. The molecule has 5 heteroatoms. The molecule has 2 rings (SSSR count). The van der Waals surface area contributed by atoms with Crippen LogP contribution in [0.15, 0.2) is 42.5 Å². The average molecular weight is 415 g/mol. The van der Waals surface area contributed by atoms with Gasteiger partial charge >= 0.3 is 0 Å². The summed E-state index contributed by atoms with van der Waals surface area (Å²) in [7, 11) is 0. The maximum atomic E-state index is 13.3. The van der Waals surface area contributed by atoms with Crippen LogP contribution in [0.4, 0.5) is 0 Å². The third-order valence-corrected chi connectivity index (χ3v) is 5.71. The molecule has 0 unspecified atom stereocenters. The molecule has 1 heterocycles. The lowest BCUT2D eigenvalue weighted by Crippen LogP contribution is -2.43. The fourth-order valence-corrected chi connectivity index (χ4v) is 4.15. The van der Waals surface area contributed by atoms with E-state index >= 15 is 0 Å². The average Bonchev–Trinajstić information content (AvgIpc) is 3.10. The topological polar surface area (TPSA) is 40.6 Å². The minimum absolute atomic E-state index is 0.00500. The fraction of sp³-hybridized carbons (Fsp3) is 0.500. The monoisotopic (exact) mass is 414 g/mol. The first kappa shape index (κ1) is 23.1. The fourth-order valence-electron chi connectivity index (χ4n) is 3.24. The van der Waals surface area contributed by atoms with Gasteiger partial charge in [0, 0.05) is 29.3 Å². The van der Waals surface area contributed by atoms with Crippen molar-refractivity contribution in [3.05, 3.63) is 57.8 Å². The molecule has 0 saturated carbocycles. The lowest BCUT2D eigenvalue weighted by Gasteiger charge is -2.29. The highest BCUT2D eigenvalue weighted by atomic mass is 32.1. The molecule has 158 valence electrons. The van der Waals surface area contributed by atoms with Crippen LogP contribution in [0.25, 0.3) is 0 Å². The third-order valence-electron chi connectivity index (χ3n) is 4.72.